The van der Waals surface area contributed by atoms with Gasteiger partial charge in [0.2, 0.25) is 5.91 Å². The molecule has 2 aromatic heterocycles. The van der Waals surface area contributed by atoms with Crippen molar-refractivity contribution in [1.29, 1.82) is 0 Å². The minimum absolute atomic E-state index is 0.0362. The molecule has 25 heavy (non-hydrogen) atoms. The van der Waals surface area contributed by atoms with E-state index in [1.54, 1.807) is 4.57 Å². The zero-order valence-corrected chi connectivity index (χ0v) is 13.4. The Labute approximate surface area is 141 Å². The Morgan fingerprint density at radius 2 is 2.16 bits per heavy atom. The monoisotopic (exact) mass is 351 g/mol. The summed E-state index contributed by atoms with van der Waals surface area (Å²) < 4.78 is 6.58. The largest absolute Gasteiger partial charge is 0.481 e. The lowest BCUT2D eigenvalue weighted by atomic mass is 10.1. The second-order valence-corrected chi connectivity index (χ2v) is 5.17. The molecule has 0 fully saturated rings. The van der Waals surface area contributed by atoms with E-state index >= 15 is 0 Å². The Balaban J connectivity index is 1.83. The van der Waals surface area contributed by atoms with Crippen molar-refractivity contribution in [2.45, 2.75) is 19.9 Å². The topological polar surface area (TPSA) is 156 Å². The summed E-state index contributed by atoms with van der Waals surface area (Å²) in [6.07, 6.45) is 2.43. The first-order valence-corrected chi connectivity index (χ1v) is 7.45. The molecule has 0 bridgehead atoms. The van der Waals surface area contributed by atoms with Crippen LogP contribution in [0.1, 0.15) is 13.3 Å². The molecule has 0 aliphatic rings. The number of nitrogens with one attached hydrogen (secondary N) is 2. The van der Waals surface area contributed by atoms with Gasteiger partial charge in [0.25, 0.3) is 5.56 Å². The Morgan fingerprint density at radius 3 is 2.88 bits per heavy atom. The fraction of sp³-hybridized carbons (Fsp3) is 0.429. The molecule has 1 amide bonds. The molecule has 0 saturated heterocycles. The fourth-order valence-corrected chi connectivity index (χ4v) is 1.98. The Morgan fingerprint density at radius 1 is 1.40 bits per heavy atom. The van der Waals surface area contributed by atoms with Crippen LogP contribution in [0.15, 0.2) is 17.4 Å². The molecule has 0 radical (unpaired) electrons. The minimum atomic E-state index is -1.06. The third-order valence-electron chi connectivity index (χ3n) is 3.37. The summed E-state index contributed by atoms with van der Waals surface area (Å²) in [5.41, 5.74) is 0.173. The molecule has 11 heteroatoms. The third-order valence-corrected chi connectivity index (χ3v) is 3.37. The molecule has 0 aliphatic carbocycles. The van der Waals surface area contributed by atoms with Gasteiger partial charge < -0.3 is 24.7 Å². The lowest BCUT2D eigenvalue weighted by molar-refractivity contribution is -0.152. The second-order valence-electron chi connectivity index (χ2n) is 5.17. The average molecular weight is 351 g/mol. The summed E-state index contributed by atoms with van der Waals surface area (Å²) in [7, 11) is 0. The number of hydrogen-bond acceptors (Lipinski definition) is 7. The van der Waals surface area contributed by atoms with Crippen molar-refractivity contribution in [3.05, 3.63) is 23.0 Å². The van der Waals surface area contributed by atoms with E-state index in [0.717, 1.165) is 0 Å². The molecule has 2 heterocycles. The van der Waals surface area contributed by atoms with Crippen LogP contribution in [-0.4, -0.2) is 55.6 Å². The number of nitrogens with zero attached hydrogens (tertiary/aromatic N) is 3. The minimum Gasteiger partial charge on any atom is -0.481 e. The van der Waals surface area contributed by atoms with Gasteiger partial charge in [-0.3, -0.25) is 19.2 Å². The molecule has 1 unspecified atom stereocenters. The van der Waals surface area contributed by atoms with Crippen molar-refractivity contribution >= 4 is 29.0 Å². The summed E-state index contributed by atoms with van der Waals surface area (Å²) >= 11 is 0. The van der Waals surface area contributed by atoms with Gasteiger partial charge in [-0.1, -0.05) is 0 Å². The maximum absolute atomic E-state index is 11.8. The average Bonchev–Trinajstić information content (AvgIpc) is 2.98. The molecule has 3 N–H and O–H groups in total. The molecule has 0 spiro atoms. The normalized spacial score (nSPS) is 11.9. The molecule has 0 saturated carbocycles. The number of H-pyrrole nitrogens is 1. The zero-order chi connectivity index (χ0) is 18.4. The van der Waals surface area contributed by atoms with Crippen LogP contribution < -0.4 is 10.9 Å². The summed E-state index contributed by atoms with van der Waals surface area (Å²) in [6, 6.07) is 0. The SMILES string of the molecule is CC(C(=O)NCCC(=O)O)C(=O)OCCn1cnc2c(=O)[nH]cnc21. The van der Waals surface area contributed by atoms with Crippen molar-refractivity contribution < 1.29 is 24.2 Å². The van der Waals surface area contributed by atoms with Crippen molar-refractivity contribution in [2.75, 3.05) is 13.2 Å². The number of aliphatic carboxylic acids is 1. The van der Waals surface area contributed by atoms with E-state index in [1.165, 1.54) is 19.6 Å². The van der Waals surface area contributed by atoms with Crippen LogP contribution in [0.4, 0.5) is 0 Å². The standard InChI is InChI=1S/C14H17N5O6/c1-8(12(22)15-3-2-9(20)21)14(24)25-5-4-19-7-18-10-11(19)16-6-17-13(10)23/h6-8H,2-5H2,1H3,(H,15,22)(H,20,21)(H,16,17,23). The molecule has 11 nitrogen and oxygen atoms in total. The number of aromatic nitrogens is 4. The molecular weight excluding hydrogens is 334 g/mol. The van der Waals surface area contributed by atoms with Crippen LogP contribution in [0.5, 0.6) is 0 Å². The highest BCUT2D eigenvalue weighted by atomic mass is 16.5. The van der Waals surface area contributed by atoms with E-state index in [4.69, 9.17) is 9.84 Å². The van der Waals surface area contributed by atoms with E-state index < -0.39 is 23.8 Å². The Kier molecular flexibility index (Phi) is 5.82. The van der Waals surface area contributed by atoms with Gasteiger partial charge >= 0.3 is 11.9 Å². The first-order valence-electron chi connectivity index (χ1n) is 7.45. The number of fused-ring (bicyclic) bond motifs is 1. The van der Waals surface area contributed by atoms with E-state index in [0.29, 0.717) is 5.65 Å². The summed E-state index contributed by atoms with van der Waals surface area (Å²) in [6.45, 7) is 1.48. The number of ether oxygens (including phenoxy) is 1. The maximum atomic E-state index is 11.8. The predicted molar refractivity (Wildman–Crippen MR) is 83.5 cm³/mol. The summed E-state index contributed by atoms with van der Waals surface area (Å²) in [5, 5.41) is 10.8. The summed E-state index contributed by atoms with van der Waals surface area (Å²) in [5.74, 6) is -3.44. The van der Waals surface area contributed by atoms with Gasteiger partial charge in [0.05, 0.1) is 25.6 Å². The number of amides is 1. The first-order chi connectivity index (χ1) is 11.9. The van der Waals surface area contributed by atoms with Gasteiger partial charge in [0.1, 0.15) is 12.5 Å². The number of carboxylic acids is 1. The van der Waals surface area contributed by atoms with Gasteiger partial charge in [0.15, 0.2) is 11.2 Å². The van der Waals surface area contributed by atoms with Gasteiger partial charge in [-0.15, -0.1) is 0 Å². The van der Waals surface area contributed by atoms with Crippen LogP contribution in [0, 0.1) is 5.92 Å². The number of rotatable bonds is 8. The lowest BCUT2D eigenvalue weighted by Gasteiger charge is -2.12. The molecule has 2 aromatic rings. The van der Waals surface area contributed by atoms with Crippen LogP contribution in [0.25, 0.3) is 11.2 Å². The zero-order valence-electron chi connectivity index (χ0n) is 13.4. The molecule has 2 rings (SSSR count). The number of carbonyl (C=O) groups excluding carboxylic acids is 2. The fourth-order valence-electron chi connectivity index (χ4n) is 1.98. The third kappa shape index (κ3) is 4.62. The number of carbonyl (C=O) groups is 3. The number of carboxylic acid groups (broad SMARTS) is 1. The molecule has 1 atom stereocenters. The van der Waals surface area contributed by atoms with Gasteiger partial charge in [0, 0.05) is 6.54 Å². The molecular formula is C14H17N5O6. The highest BCUT2D eigenvalue weighted by molar-refractivity contribution is 5.97. The quantitative estimate of drug-likeness (QED) is 0.399. The predicted octanol–water partition coefficient (Wildman–Crippen LogP) is -1.11. The van der Waals surface area contributed by atoms with E-state index in [2.05, 4.69) is 20.3 Å². The Bertz CT molecular complexity index is 842. The van der Waals surface area contributed by atoms with E-state index in [1.807, 2.05) is 0 Å². The summed E-state index contributed by atoms with van der Waals surface area (Å²) in [4.78, 5) is 55.8. The number of esters is 1. The Hall–Kier alpha value is -3.24. The van der Waals surface area contributed by atoms with E-state index in [9.17, 15) is 19.2 Å². The van der Waals surface area contributed by atoms with Crippen molar-refractivity contribution in [1.82, 2.24) is 24.8 Å². The van der Waals surface area contributed by atoms with Crippen LogP contribution in [0.3, 0.4) is 0 Å². The number of imidazole rings is 1. The lowest BCUT2D eigenvalue weighted by Crippen LogP contribution is -2.36. The molecule has 0 aromatic carbocycles. The van der Waals surface area contributed by atoms with Crippen molar-refractivity contribution in [3.63, 3.8) is 0 Å². The van der Waals surface area contributed by atoms with Crippen LogP contribution in [-0.2, 0) is 25.7 Å². The van der Waals surface area contributed by atoms with Crippen LogP contribution in [0.2, 0.25) is 0 Å². The molecule has 0 aliphatic heterocycles. The molecule has 134 valence electrons. The van der Waals surface area contributed by atoms with Crippen LogP contribution >= 0.6 is 0 Å². The number of aromatic amines is 1. The smallest absolute Gasteiger partial charge is 0.318 e. The highest BCUT2D eigenvalue weighted by Crippen LogP contribution is 2.04. The highest BCUT2D eigenvalue weighted by Gasteiger charge is 2.22. The van der Waals surface area contributed by atoms with Gasteiger partial charge in [-0.2, -0.15) is 0 Å². The van der Waals surface area contributed by atoms with Gasteiger partial charge in [-0.25, -0.2) is 9.97 Å². The van der Waals surface area contributed by atoms with Gasteiger partial charge in [-0.05, 0) is 6.92 Å². The second kappa shape index (κ2) is 8.04. The van der Waals surface area contributed by atoms with E-state index in [-0.39, 0.29) is 37.2 Å². The maximum Gasteiger partial charge on any atom is 0.318 e. The van der Waals surface area contributed by atoms with Crippen molar-refractivity contribution in [3.8, 4) is 0 Å². The van der Waals surface area contributed by atoms with Crippen molar-refractivity contribution in [2.24, 2.45) is 5.92 Å². The number of hydrogen-bond donors (Lipinski definition) is 3. The first kappa shape index (κ1) is 18.1.